The average molecular weight is 446 g/mol. The normalized spacial score (nSPS) is 11.0. The Hall–Kier alpha value is -3.97. The van der Waals surface area contributed by atoms with Gasteiger partial charge in [0.15, 0.2) is 5.82 Å². The number of aromatic nitrogens is 4. The minimum atomic E-state index is -0.236. The number of hydrogen-bond acceptors (Lipinski definition) is 5. The first kappa shape index (κ1) is 21.3. The minimum absolute atomic E-state index is 0.236. The first-order valence-corrected chi connectivity index (χ1v) is 10.2. The molecule has 2 aromatic carbocycles. The lowest BCUT2D eigenvalue weighted by Gasteiger charge is -2.07. The summed E-state index contributed by atoms with van der Waals surface area (Å²) in [5.41, 5.74) is 3.49. The van der Waals surface area contributed by atoms with Crippen LogP contribution in [0.2, 0.25) is 5.02 Å². The predicted molar refractivity (Wildman–Crippen MR) is 124 cm³/mol. The van der Waals surface area contributed by atoms with E-state index in [4.69, 9.17) is 16.3 Å². The number of carbonyl (C=O) groups excluding carboxylic acids is 1. The van der Waals surface area contributed by atoms with Crippen LogP contribution in [-0.2, 0) is 4.79 Å². The van der Waals surface area contributed by atoms with E-state index in [0.717, 1.165) is 17.0 Å². The molecule has 0 bridgehead atoms. The van der Waals surface area contributed by atoms with Gasteiger partial charge in [-0.05, 0) is 68.0 Å². The van der Waals surface area contributed by atoms with E-state index in [9.17, 15) is 4.79 Å². The number of benzene rings is 2. The van der Waals surface area contributed by atoms with Gasteiger partial charge >= 0.3 is 0 Å². The van der Waals surface area contributed by atoms with Gasteiger partial charge in [0, 0.05) is 28.5 Å². The molecular formula is C24H20ClN5O2. The maximum Gasteiger partial charge on any atom is 0.248 e. The van der Waals surface area contributed by atoms with E-state index >= 15 is 0 Å². The number of halogens is 1. The van der Waals surface area contributed by atoms with Crippen molar-refractivity contribution in [3.05, 3.63) is 95.0 Å². The van der Waals surface area contributed by atoms with Crippen LogP contribution < -0.4 is 10.1 Å². The van der Waals surface area contributed by atoms with Crippen molar-refractivity contribution in [3.8, 4) is 17.4 Å². The highest BCUT2D eigenvalue weighted by atomic mass is 35.5. The van der Waals surface area contributed by atoms with Crippen molar-refractivity contribution in [3.63, 3.8) is 0 Å². The van der Waals surface area contributed by atoms with Crippen LogP contribution in [0.1, 0.15) is 17.0 Å². The first-order valence-electron chi connectivity index (χ1n) is 9.85. The minimum Gasteiger partial charge on any atom is -0.438 e. The SMILES string of the molecule is Cc1ncn(-c2ccc(Oc3ccc(NC(=O)/C=C/c4ccc(Cl)cc4)cc3)nn2)c1C. The van der Waals surface area contributed by atoms with Gasteiger partial charge in [-0.2, -0.15) is 0 Å². The predicted octanol–water partition coefficient (Wildman–Crippen LogP) is 5.38. The monoisotopic (exact) mass is 445 g/mol. The lowest BCUT2D eigenvalue weighted by molar-refractivity contribution is -0.111. The number of anilines is 1. The van der Waals surface area contributed by atoms with Gasteiger partial charge in [-0.15, -0.1) is 10.2 Å². The fraction of sp³-hybridized carbons (Fsp3) is 0.0833. The molecule has 0 unspecified atom stereocenters. The second-order valence-corrected chi connectivity index (χ2v) is 7.45. The van der Waals surface area contributed by atoms with Crippen LogP contribution >= 0.6 is 11.6 Å². The van der Waals surface area contributed by atoms with Crippen molar-refractivity contribution in [1.29, 1.82) is 0 Å². The number of ether oxygens (including phenoxy) is 1. The van der Waals surface area contributed by atoms with Crippen LogP contribution in [0, 0.1) is 13.8 Å². The fourth-order valence-electron chi connectivity index (χ4n) is 2.88. The molecule has 1 amide bonds. The van der Waals surface area contributed by atoms with Gasteiger partial charge in [0.1, 0.15) is 12.1 Å². The number of carbonyl (C=O) groups is 1. The van der Waals surface area contributed by atoms with E-state index in [0.29, 0.717) is 28.2 Å². The molecule has 0 radical (unpaired) electrons. The van der Waals surface area contributed by atoms with Gasteiger partial charge in [-0.25, -0.2) is 4.98 Å². The summed E-state index contributed by atoms with van der Waals surface area (Å²) < 4.78 is 7.61. The molecule has 2 heterocycles. The highest BCUT2D eigenvalue weighted by molar-refractivity contribution is 6.30. The maximum absolute atomic E-state index is 12.1. The van der Waals surface area contributed by atoms with Crippen LogP contribution in [0.3, 0.4) is 0 Å². The molecule has 1 N–H and O–H groups in total. The number of aryl methyl sites for hydroxylation is 1. The standard InChI is InChI=1S/C24H20ClN5O2/c1-16-17(2)30(15-26-16)22-12-14-24(29-28-22)32-21-10-8-20(9-11-21)27-23(31)13-5-18-3-6-19(25)7-4-18/h3-15H,1-2H3,(H,27,31)/b13-5+. The van der Waals surface area contributed by atoms with Gasteiger partial charge in [-0.1, -0.05) is 23.7 Å². The summed E-state index contributed by atoms with van der Waals surface area (Å²) >= 11 is 5.86. The Bertz CT molecular complexity index is 1250. The maximum atomic E-state index is 12.1. The number of nitrogens with one attached hydrogen (secondary N) is 1. The molecule has 32 heavy (non-hydrogen) atoms. The summed E-state index contributed by atoms with van der Waals surface area (Å²) in [6, 6.07) is 17.8. The zero-order valence-electron chi connectivity index (χ0n) is 17.5. The van der Waals surface area contributed by atoms with Gasteiger partial charge in [-0.3, -0.25) is 9.36 Å². The van der Waals surface area contributed by atoms with Crippen molar-refractivity contribution in [2.45, 2.75) is 13.8 Å². The Balaban J connectivity index is 1.35. The van der Waals surface area contributed by atoms with Gasteiger partial charge in [0.25, 0.3) is 0 Å². The third kappa shape index (κ3) is 5.19. The molecule has 7 nitrogen and oxygen atoms in total. The molecule has 4 aromatic rings. The molecular weight excluding hydrogens is 426 g/mol. The Morgan fingerprint density at radius 1 is 1.00 bits per heavy atom. The Morgan fingerprint density at radius 3 is 2.38 bits per heavy atom. The number of imidazole rings is 1. The van der Waals surface area contributed by atoms with E-state index < -0.39 is 0 Å². The Morgan fingerprint density at radius 2 is 1.75 bits per heavy atom. The van der Waals surface area contributed by atoms with E-state index in [1.165, 1.54) is 6.08 Å². The van der Waals surface area contributed by atoms with Crippen molar-refractivity contribution in [2.75, 3.05) is 5.32 Å². The quantitative estimate of drug-likeness (QED) is 0.403. The zero-order valence-corrected chi connectivity index (χ0v) is 18.2. The number of amides is 1. The average Bonchev–Trinajstić information content (AvgIpc) is 3.13. The molecule has 2 aromatic heterocycles. The van der Waals surface area contributed by atoms with Gasteiger partial charge in [0.2, 0.25) is 11.8 Å². The molecule has 0 saturated carbocycles. The third-order valence-corrected chi connectivity index (χ3v) is 5.02. The molecule has 0 aliphatic heterocycles. The van der Waals surface area contributed by atoms with Crippen molar-refractivity contribution >= 4 is 29.3 Å². The van der Waals surface area contributed by atoms with Crippen LogP contribution in [-0.4, -0.2) is 25.7 Å². The molecule has 0 atom stereocenters. The van der Waals surface area contributed by atoms with Crippen LogP contribution in [0.4, 0.5) is 5.69 Å². The molecule has 4 rings (SSSR count). The molecule has 8 heteroatoms. The molecule has 0 fully saturated rings. The smallest absolute Gasteiger partial charge is 0.248 e. The fourth-order valence-corrected chi connectivity index (χ4v) is 3.01. The van der Waals surface area contributed by atoms with Crippen LogP contribution in [0.15, 0.2) is 73.1 Å². The molecule has 0 spiro atoms. The summed E-state index contributed by atoms with van der Waals surface area (Å²) in [6.07, 6.45) is 4.90. The highest BCUT2D eigenvalue weighted by Crippen LogP contribution is 2.22. The highest BCUT2D eigenvalue weighted by Gasteiger charge is 2.07. The van der Waals surface area contributed by atoms with Crippen LogP contribution in [0.25, 0.3) is 11.9 Å². The van der Waals surface area contributed by atoms with Crippen molar-refractivity contribution in [1.82, 2.24) is 19.7 Å². The number of hydrogen-bond donors (Lipinski definition) is 1. The summed E-state index contributed by atoms with van der Waals surface area (Å²) in [4.78, 5) is 16.4. The summed E-state index contributed by atoms with van der Waals surface area (Å²) in [7, 11) is 0. The van der Waals surface area contributed by atoms with Crippen LogP contribution in [0.5, 0.6) is 11.6 Å². The third-order valence-electron chi connectivity index (χ3n) is 4.77. The number of nitrogens with zero attached hydrogens (tertiary/aromatic N) is 4. The second kappa shape index (κ2) is 9.45. The van der Waals surface area contributed by atoms with E-state index in [2.05, 4.69) is 20.5 Å². The lowest BCUT2D eigenvalue weighted by atomic mass is 10.2. The van der Waals surface area contributed by atoms with Crippen molar-refractivity contribution < 1.29 is 9.53 Å². The van der Waals surface area contributed by atoms with Gasteiger partial charge in [0.05, 0.1) is 5.69 Å². The van der Waals surface area contributed by atoms with E-state index in [1.54, 1.807) is 54.9 Å². The Kier molecular flexibility index (Phi) is 6.28. The molecule has 0 saturated heterocycles. The summed E-state index contributed by atoms with van der Waals surface area (Å²) in [6.45, 7) is 3.92. The molecule has 0 aliphatic carbocycles. The second-order valence-electron chi connectivity index (χ2n) is 7.02. The summed E-state index contributed by atoms with van der Waals surface area (Å²) in [5.74, 6) is 1.38. The van der Waals surface area contributed by atoms with Crippen molar-refractivity contribution in [2.24, 2.45) is 0 Å². The number of rotatable bonds is 6. The largest absolute Gasteiger partial charge is 0.438 e. The first-order chi connectivity index (χ1) is 15.5. The van der Waals surface area contributed by atoms with E-state index in [-0.39, 0.29) is 5.91 Å². The van der Waals surface area contributed by atoms with E-state index in [1.807, 2.05) is 36.6 Å². The topological polar surface area (TPSA) is 81.9 Å². The molecule has 0 aliphatic rings. The van der Waals surface area contributed by atoms with Gasteiger partial charge < -0.3 is 10.1 Å². The molecule has 160 valence electrons. The zero-order chi connectivity index (χ0) is 22.5. The summed E-state index contributed by atoms with van der Waals surface area (Å²) in [5, 5.41) is 11.8. The lowest BCUT2D eigenvalue weighted by Crippen LogP contribution is -2.07. The Labute approximate surface area is 190 Å².